The summed E-state index contributed by atoms with van der Waals surface area (Å²) < 4.78 is 1.83. The number of anilines is 1. The third-order valence-electron chi connectivity index (χ3n) is 4.42. The van der Waals surface area contributed by atoms with Gasteiger partial charge in [-0.1, -0.05) is 40.0 Å². The zero-order valence-electron chi connectivity index (χ0n) is 14.7. The number of nitrogens with one attached hydrogen (secondary N) is 1. The topological polar surface area (TPSA) is 59.8 Å². The normalized spacial score (nSPS) is 16.3. The highest BCUT2D eigenvalue weighted by Gasteiger charge is 2.22. The van der Waals surface area contributed by atoms with Crippen molar-refractivity contribution in [1.29, 1.82) is 0 Å². The molecule has 2 aromatic rings. The van der Waals surface area contributed by atoms with Crippen LogP contribution in [0.15, 0.2) is 17.8 Å². The molecule has 2 aromatic heterocycles. The minimum absolute atomic E-state index is 0.00436. The molecule has 1 fully saturated rings. The zero-order valence-corrected chi connectivity index (χ0v) is 15.5. The van der Waals surface area contributed by atoms with Gasteiger partial charge in [0.25, 0.3) is 0 Å². The van der Waals surface area contributed by atoms with E-state index in [0.717, 1.165) is 11.4 Å². The number of amides is 1. The predicted molar refractivity (Wildman–Crippen MR) is 97.4 cm³/mol. The second-order valence-electron chi connectivity index (χ2n) is 7.64. The van der Waals surface area contributed by atoms with E-state index in [1.807, 2.05) is 31.6 Å². The van der Waals surface area contributed by atoms with Crippen LogP contribution >= 0.6 is 11.3 Å². The Morgan fingerprint density at radius 3 is 2.79 bits per heavy atom. The molecule has 5 nitrogen and oxygen atoms in total. The standard InChI is InChI=1S/C18H26N4OS/c1-18(2,3)17(23)21-14-9-19-22(10-14)11-15-12-24-16(20-15)13-7-5-4-6-8-13/h9-10,12-13H,4-8,11H2,1-3H3,(H,21,23). The van der Waals surface area contributed by atoms with Crippen LogP contribution < -0.4 is 5.32 Å². The van der Waals surface area contributed by atoms with Crippen LogP contribution in [0.2, 0.25) is 0 Å². The first-order valence-corrected chi connectivity index (χ1v) is 9.58. The Morgan fingerprint density at radius 2 is 2.08 bits per heavy atom. The van der Waals surface area contributed by atoms with Crippen molar-refractivity contribution < 1.29 is 4.79 Å². The van der Waals surface area contributed by atoms with Gasteiger partial charge in [-0.25, -0.2) is 4.98 Å². The van der Waals surface area contributed by atoms with Gasteiger partial charge in [-0.3, -0.25) is 9.48 Å². The van der Waals surface area contributed by atoms with Crippen LogP contribution in [0.1, 0.15) is 69.5 Å². The highest BCUT2D eigenvalue weighted by atomic mass is 32.1. The molecule has 0 spiro atoms. The van der Waals surface area contributed by atoms with Crippen molar-refractivity contribution in [2.75, 3.05) is 5.32 Å². The lowest BCUT2D eigenvalue weighted by Gasteiger charge is -2.18. The molecule has 6 heteroatoms. The molecule has 1 aliphatic rings. The van der Waals surface area contributed by atoms with E-state index in [1.54, 1.807) is 17.5 Å². The molecule has 24 heavy (non-hydrogen) atoms. The van der Waals surface area contributed by atoms with Crippen LogP contribution in [0.4, 0.5) is 5.69 Å². The fourth-order valence-corrected chi connectivity index (χ4v) is 3.91. The summed E-state index contributed by atoms with van der Waals surface area (Å²) in [5, 5.41) is 10.7. The second-order valence-corrected chi connectivity index (χ2v) is 8.53. The molecule has 3 rings (SSSR count). The fourth-order valence-electron chi connectivity index (χ4n) is 2.93. The van der Waals surface area contributed by atoms with Crippen molar-refractivity contribution in [2.45, 2.75) is 65.3 Å². The minimum Gasteiger partial charge on any atom is -0.323 e. The molecule has 1 aliphatic carbocycles. The summed E-state index contributed by atoms with van der Waals surface area (Å²) in [6, 6.07) is 0. The molecule has 0 radical (unpaired) electrons. The van der Waals surface area contributed by atoms with Crippen molar-refractivity contribution in [3.63, 3.8) is 0 Å². The molecule has 1 saturated carbocycles. The van der Waals surface area contributed by atoms with Gasteiger partial charge in [-0.15, -0.1) is 11.3 Å². The lowest BCUT2D eigenvalue weighted by Crippen LogP contribution is -2.27. The van der Waals surface area contributed by atoms with Crippen molar-refractivity contribution >= 4 is 22.9 Å². The first-order valence-electron chi connectivity index (χ1n) is 8.70. The third kappa shape index (κ3) is 4.23. The molecule has 0 bridgehead atoms. The quantitative estimate of drug-likeness (QED) is 0.891. The predicted octanol–water partition coefficient (Wildman–Crippen LogP) is 4.42. The van der Waals surface area contributed by atoms with Crippen molar-refractivity contribution in [1.82, 2.24) is 14.8 Å². The Balaban J connectivity index is 1.61. The second kappa shape index (κ2) is 7.05. The SMILES string of the molecule is CC(C)(C)C(=O)Nc1cnn(Cc2csc(C3CCCCC3)n2)c1. The highest BCUT2D eigenvalue weighted by molar-refractivity contribution is 7.09. The molecular formula is C18H26N4OS. The van der Waals surface area contributed by atoms with Crippen LogP contribution in [0.3, 0.4) is 0 Å². The van der Waals surface area contributed by atoms with E-state index in [2.05, 4.69) is 15.8 Å². The summed E-state index contributed by atoms with van der Waals surface area (Å²) >= 11 is 1.77. The average molecular weight is 347 g/mol. The Bertz CT molecular complexity index is 692. The molecule has 0 aromatic carbocycles. The monoisotopic (exact) mass is 346 g/mol. The molecule has 0 saturated heterocycles. The van der Waals surface area contributed by atoms with E-state index in [9.17, 15) is 4.79 Å². The lowest BCUT2D eigenvalue weighted by molar-refractivity contribution is -0.123. The van der Waals surface area contributed by atoms with E-state index in [1.165, 1.54) is 37.1 Å². The van der Waals surface area contributed by atoms with Crippen LogP contribution in [0, 0.1) is 5.41 Å². The maximum atomic E-state index is 12.0. The fraction of sp³-hybridized carbons (Fsp3) is 0.611. The highest BCUT2D eigenvalue weighted by Crippen LogP contribution is 2.34. The summed E-state index contributed by atoms with van der Waals surface area (Å²) in [5.74, 6) is 0.645. The van der Waals surface area contributed by atoms with Gasteiger partial charge in [0.1, 0.15) is 0 Å². The van der Waals surface area contributed by atoms with Gasteiger partial charge < -0.3 is 5.32 Å². The summed E-state index contributed by atoms with van der Waals surface area (Å²) in [6.07, 6.45) is 10.1. The van der Waals surface area contributed by atoms with E-state index in [4.69, 9.17) is 4.98 Å². The van der Waals surface area contributed by atoms with E-state index in [0.29, 0.717) is 12.5 Å². The van der Waals surface area contributed by atoms with Gasteiger partial charge >= 0.3 is 0 Å². The largest absolute Gasteiger partial charge is 0.323 e. The van der Waals surface area contributed by atoms with E-state index < -0.39 is 5.41 Å². The Labute approximate surface area is 147 Å². The first kappa shape index (κ1) is 17.1. The number of rotatable bonds is 4. The van der Waals surface area contributed by atoms with Crippen molar-refractivity contribution in [3.05, 3.63) is 28.5 Å². The van der Waals surface area contributed by atoms with Crippen LogP contribution in [-0.4, -0.2) is 20.7 Å². The number of nitrogens with zero attached hydrogens (tertiary/aromatic N) is 3. The maximum Gasteiger partial charge on any atom is 0.229 e. The Morgan fingerprint density at radius 1 is 1.33 bits per heavy atom. The average Bonchev–Trinajstić information content (AvgIpc) is 3.17. The van der Waals surface area contributed by atoms with Crippen molar-refractivity contribution in [2.24, 2.45) is 5.41 Å². The number of carbonyl (C=O) groups is 1. The molecule has 0 aliphatic heterocycles. The number of aromatic nitrogens is 3. The first-order chi connectivity index (χ1) is 11.4. The zero-order chi connectivity index (χ0) is 17.2. The maximum absolute atomic E-state index is 12.0. The lowest BCUT2D eigenvalue weighted by atomic mass is 9.90. The van der Waals surface area contributed by atoms with E-state index in [-0.39, 0.29) is 5.91 Å². The molecule has 2 heterocycles. The Hall–Kier alpha value is -1.69. The van der Waals surface area contributed by atoms with Gasteiger partial charge in [0.15, 0.2) is 0 Å². The molecule has 1 N–H and O–H groups in total. The van der Waals surface area contributed by atoms with Crippen molar-refractivity contribution in [3.8, 4) is 0 Å². The molecular weight excluding hydrogens is 320 g/mol. The summed E-state index contributed by atoms with van der Waals surface area (Å²) in [4.78, 5) is 16.8. The van der Waals surface area contributed by atoms with E-state index >= 15 is 0 Å². The third-order valence-corrected chi connectivity index (χ3v) is 5.48. The van der Waals surface area contributed by atoms with Gasteiger partial charge in [0, 0.05) is 22.9 Å². The summed E-state index contributed by atoms with van der Waals surface area (Å²) in [5.41, 5.74) is 1.38. The number of hydrogen-bond donors (Lipinski definition) is 1. The minimum atomic E-state index is -0.411. The number of hydrogen-bond acceptors (Lipinski definition) is 4. The van der Waals surface area contributed by atoms with Gasteiger partial charge in [-0.2, -0.15) is 5.10 Å². The summed E-state index contributed by atoms with van der Waals surface area (Å²) in [6.45, 7) is 6.34. The summed E-state index contributed by atoms with van der Waals surface area (Å²) in [7, 11) is 0. The molecule has 130 valence electrons. The van der Waals surface area contributed by atoms with Gasteiger partial charge in [-0.05, 0) is 12.8 Å². The number of thiazole rings is 1. The molecule has 1 amide bonds. The van der Waals surface area contributed by atoms with Crippen LogP contribution in [0.25, 0.3) is 0 Å². The smallest absolute Gasteiger partial charge is 0.229 e. The van der Waals surface area contributed by atoms with Crippen LogP contribution in [0.5, 0.6) is 0 Å². The molecule has 0 atom stereocenters. The van der Waals surface area contributed by atoms with Gasteiger partial charge in [0.2, 0.25) is 5.91 Å². The van der Waals surface area contributed by atoms with Gasteiger partial charge in [0.05, 0.1) is 29.1 Å². The number of carbonyl (C=O) groups excluding carboxylic acids is 1. The van der Waals surface area contributed by atoms with Crippen LogP contribution in [-0.2, 0) is 11.3 Å². The molecule has 0 unspecified atom stereocenters. The Kier molecular flexibility index (Phi) is 5.04.